The maximum Gasteiger partial charge on any atom is 0.338 e. The van der Waals surface area contributed by atoms with Crippen LogP contribution in [0.2, 0.25) is 0 Å². The van der Waals surface area contributed by atoms with Crippen LogP contribution in [0, 0.1) is 10.1 Å². The predicted molar refractivity (Wildman–Crippen MR) is 83.3 cm³/mol. The van der Waals surface area contributed by atoms with Crippen LogP contribution in [0.4, 0.5) is 10.1 Å². The lowest BCUT2D eigenvalue weighted by Gasteiger charge is -2.16. The van der Waals surface area contributed by atoms with Crippen molar-refractivity contribution in [2.24, 2.45) is 0 Å². The number of likely N-dealkylation sites (tertiary alicyclic amines) is 1. The van der Waals surface area contributed by atoms with Gasteiger partial charge in [-0.2, -0.15) is 0 Å². The summed E-state index contributed by atoms with van der Waals surface area (Å²) in [5.41, 5.74) is 0.863. The first-order valence-electron chi connectivity index (χ1n) is 7.81. The van der Waals surface area contributed by atoms with Gasteiger partial charge in [0.15, 0.2) is 0 Å². The first kappa shape index (κ1) is 17.3. The molecule has 0 radical (unpaired) electrons. The lowest BCUT2D eigenvalue weighted by Crippen LogP contribution is -2.26. The molecule has 23 heavy (non-hydrogen) atoms. The highest BCUT2D eigenvalue weighted by Crippen LogP contribution is 2.21. The minimum atomic E-state index is -0.525. The second-order valence-electron chi connectivity index (χ2n) is 5.61. The van der Waals surface area contributed by atoms with E-state index in [1.807, 2.05) is 6.92 Å². The summed E-state index contributed by atoms with van der Waals surface area (Å²) < 4.78 is 17.7. The molecule has 1 aromatic carbocycles. The Labute approximate surface area is 134 Å². The van der Waals surface area contributed by atoms with Gasteiger partial charge in [-0.05, 0) is 24.8 Å². The van der Waals surface area contributed by atoms with Crippen LogP contribution in [0.25, 0.3) is 0 Å². The summed E-state index contributed by atoms with van der Waals surface area (Å²) in [6.07, 6.45) is 1.53. The second kappa shape index (κ2) is 8.01. The number of benzene rings is 1. The molecule has 1 aromatic rings. The van der Waals surface area contributed by atoms with Crippen LogP contribution in [-0.2, 0) is 11.2 Å². The van der Waals surface area contributed by atoms with Crippen LogP contribution in [0.1, 0.15) is 35.7 Å². The highest BCUT2D eigenvalue weighted by atomic mass is 19.1. The highest BCUT2D eigenvalue weighted by molar-refractivity contribution is 5.92. The van der Waals surface area contributed by atoms with Crippen molar-refractivity contribution in [3.63, 3.8) is 0 Å². The molecule has 0 amide bonds. The molecule has 1 fully saturated rings. The summed E-state index contributed by atoms with van der Waals surface area (Å²) in [6.45, 7) is 3.54. The number of hydrogen-bond donors (Lipinski definition) is 0. The summed E-state index contributed by atoms with van der Waals surface area (Å²) in [5.74, 6) is -0.525. The number of alkyl halides is 1. The Hall–Kier alpha value is -2.02. The zero-order valence-corrected chi connectivity index (χ0v) is 13.2. The normalized spacial score (nSPS) is 18.1. The Morgan fingerprint density at radius 1 is 1.52 bits per heavy atom. The molecule has 1 atom stereocenters. The molecule has 1 aliphatic rings. The van der Waals surface area contributed by atoms with Crippen molar-refractivity contribution in [2.75, 3.05) is 26.3 Å². The van der Waals surface area contributed by atoms with Gasteiger partial charge in [-0.3, -0.25) is 19.4 Å². The van der Waals surface area contributed by atoms with Gasteiger partial charge in [0, 0.05) is 31.8 Å². The average Bonchev–Trinajstić information content (AvgIpc) is 2.99. The molecule has 0 saturated carbocycles. The molecule has 0 N–H and O–H groups in total. The van der Waals surface area contributed by atoms with E-state index in [2.05, 4.69) is 4.90 Å². The van der Waals surface area contributed by atoms with Crippen molar-refractivity contribution in [3.05, 3.63) is 39.4 Å². The molecule has 7 heteroatoms. The molecule has 1 aliphatic heterocycles. The Kier molecular flexibility index (Phi) is 6.04. The summed E-state index contributed by atoms with van der Waals surface area (Å²) in [6, 6.07) is 4.26. The fourth-order valence-electron chi connectivity index (χ4n) is 2.77. The number of halogens is 1. The number of nitro benzene ring substituents is 1. The Balaban J connectivity index is 2.03. The van der Waals surface area contributed by atoms with E-state index in [1.165, 1.54) is 12.1 Å². The number of nitrogens with zero attached hydrogens (tertiary/aromatic N) is 2. The molecule has 1 heterocycles. The van der Waals surface area contributed by atoms with Crippen LogP contribution in [0.3, 0.4) is 0 Å². The predicted octanol–water partition coefficient (Wildman–Crippen LogP) is 2.75. The number of carbonyl (C=O) groups excluding carboxylic acids is 1. The number of non-ortho nitro benzene ring substituents is 1. The van der Waals surface area contributed by atoms with Crippen molar-refractivity contribution in [2.45, 2.75) is 32.3 Å². The molecule has 6 nitrogen and oxygen atoms in total. The maximum atomic E-state index is 12.4. The summed E-state index contributed by atoms with van der Waals surface area (Å²) in [5, 5.41) is 10.9. The molecular weight excluding hydrogens is 303 g/mol. The third-order valence-electron chi connectivity index (χ3n) is 4.02. The number of carbonyl (C=O) groups is 1. The Morgan fingerprint density at radius 3 is 2.96 bits per heavy atom. The van der Waals surface area contributed by atoms with E-state index in [0.29, 0.717) is 32.4 Å². The lowest BCUT2D eigenvalue weighted by molar-refractivity contribution is -0.384. The third kappa shape index (κ3) is 4.48. The Bertz CT molecular complexity index is 579. The number of aryl methyl sites for hydroxylation is 1. The quantitative estimate of drug-likeness (QED) is 0.438. The Morgan fingerprint density at radius 2 is 2.30 bits per heavy atom. The fraction of sp³-hybridized carbons (Fsp3) is 0.562. The molecular formula is C16H21FN2O4. The fourth-order valence-corrected chi connectivity index (χ4v) is 2.77. The van der Waals surface area contributed by atoms with E-state index < -0.39 is 10.9 Å². The van der Waals surface area contributed by atoms with E-state index in [1.54, 1.807) is 6.07 Å². The van der Waals surface area contributed by atoms with E-state index in [-0.39, 0.29) is 24.0 Å². The van der Waals surface area contributed by atoms with E-state index >= 15 is 0 Å². The van der Waals surface area contributed by atoms with Crippen LogP contribution >= 0.6 is 0 Å². The number of esters is 1. The smallest absolute Gasteiger partial charge is 0.338 e. The van der Waals surface area contributed by atoms with Gasteiger partial charge in [0.05, 0.1) is 17.2 Å². The molecule has 0 bridgehead atoms. The largest absolute Gasteiger partial charge is 0.457 e. The maximum absolute atomic E-state index is 12.4. The minimum Gasteiger partial charge on any atom is -0.457 e. The number of hydrogen-bond acceptors (Lipinski definition) is 5. The molecule has 0 aromatic heterocycles. The molecule has 126 valence electrons. The molecule has 0 spiro atoms. The van der Waals surface area contributed by atoms with Gasteiger partial charge in [-0.15, -0.1) is 0 Å². The van der Waals surface area contributed by atoms with Crippen molar-refractivity contribution in [3.8, 4) is 0 Å². The molecule has 1 saturated heterocycles. The van der Waals surface area contributed by atoms with Crippen molar-refractivity contribution >= 4 is 11.7 Å². The van der Waals surface area contributed by atoms with Crippen LogP contribution in [0.15, 0.2) is 18.2 Å². The summed E-state index contributed by atoms with van der Waals surface area (Å²) in [4.78, 5) is 24.8. The molecule has 0 aliphatic carbocycles. The molecule has 2 rings (SSSR count). The monoisotopic (exact) mass is 324 g/mol. The van der Waals surface area contributed by atoms with Crippen molar-refractivity contribution in [1.29, 1.82) is 0 Å². The van der Waals surface area contributed by atoms with Crippen LogP contribution < -0.4 is 0 Å². The lowest BCUT2D eigenvalue weighted by atomic mass is 10.0. The van der Waals surface area contributed by atoms with Gasteiger partial charge in [0.2, 0.25) is 0 Å². The number of rotatable bonds is 7. The highest BCUT2D eigenvalue weighted by Gasteiger charge is 2.27. The SMILES string of the molecule is CCc1ccc([N+](=O)[O-])cc1C(=O)OC1CCN(CCCF)C1. The first-order chi connectivity index (χ1) is 11.0. The average molecular weight is 324 g/mol. The zero-order chi connectivity index (χ0) is 16.8. The second-order valence-corrected chi connectivity index (χ2v) is 5.61. The van der Waals surface area contributed by atoms with Crippen LogP contribution in [-0.4, -0.2) is 48.2 Å². The van der Waals surface area contributed by atoms with E-state index in [4.69, 9.17) is 4.74 Å². The topological polar surface area (TPSA) is 72.7 Å². The minimum absolute atomic E-state index is 0.120. The van der Waals surface area contributed by atoms with Gasteiger partial charge in [0.25, 0.3) is 5.69 Å². The van der Waals surface area contributed by atoms with Gasteiger partial charge in [-0.25, -0.2) is 4.79 Å². The van der Waals surface area contributed by atoms with Gasteiger partial charge >= 0.3 is 5.97 Å². The third-order valence-corrected chi connectivity index (χ3v) is 4.02. The van der Waals surface area contributed by atoms with E-state index in [0.717, 1.165) is 12.1 Å². The first-order valence-corrected chi connectivity index (χ1v) is 7.81. The number of ether oxygens (including phenoxy) is 1. The van der Waals surface area contributed by atoms with E-state index in [9.17, 15) is 19.3 Å². The van der Waals surface area contributed by atoms with Crippen molar-refractivity contribution < 1.29 is 18.8 Å². The summed E-state index contributed by atoms with van der Waals surface area (Å²) in [7, 11) is 0. The van der Waals surface area contributed by atoms with Gasteiger partial charge < -0.3 is 4.74 Å². The van der Waals surface area contributed by atoms with Crippen LogP contribution in [0.5, 0.6) is 0 Å². The number of nitro groups is 1. The molecule has 1 unspecified atom stereocenters. The van der Waals surface area contributed by atoms with Gasteiger partial charge in [-0.1, -0.05) is 13.0 Å². The zero-order valence-electron chi connectivity index (χ0n) is 13.2. The van der Waals surface area contributed by atoms with Crippen molar-refractivity contribution in [1.82, 2.24) is 4.90 Å². The summed E-state index contributed by atoms with van der Waals surface area (Å²) >= 11 is 0. The van der Waals surface area contributed by atoms with Gasteiger partial charge in [0.1, 0.15) is 6.10 Å². The standard InChI is InChI=1S/C16H21FN2O4/c1-2-12-4-5-13(19(21)22)10-15(12)16(20)23-14-6-9-18(11-14)8-3-7-17/h4-5,10,14H,2-3,6-9,11H2,1H3.